The highest BCUT2D eigenvalue weighted by Gasteiger charge is 2.20. The summed E-state index contributed by atoms with van der Waals surface area (Å²) in [6.07, 6.45) is 3.16. The Labute approximate surface area is 125 Å². The Balaban J connectivity index is 1.93. The van der Waals surface area contributed by atoms with E-state index in [2.05, 4.69) is 9.62 Å². The smallest absolute Gasteiger partial charge is 0.244 e. The van der Waals surface area contributed by atoms with Crippen molar-refractivity contribution in [1.82, 2.24) is 9.62 Å². The van der Waals surface area contributed by atoms with Gasteiger partial charge in [0, 0.05) is 6.54 Å². The Morgan fingerprint density at radius 2 is 2.05 bits per heavy atom. The first kappa shape index (κ1) is 16.2. The first-order valence-corrected chi connectivity index (χ1v) is 8.57. The van der Waals surface area contributed by atoms with Crippen molar-refractivity contribution >= 4 is 10.0 Å². The molecule has 0 amide bonds. The standard InChI is InChI=1S/C14H21FN2O3S/c1-20-13-6-5-12(15)11-14(13)21(18,19)16-7-4-10-17-8-2-3-9-17/h5-6,11,16H,2-4,7-10H2,1H3. The van der Waals surface area contributed by atoms with Gasteiger partial charge in [-0.15, -0.1) is 0 Å². The van der Waals surface area contributed by atoms with Gasteiger partial charge in [0.05, 0.1) is 7.11 Å². The fraction of sp³-hybridized carbons (Fsp3) is 0.571. The van der Waals surface area contributed by atoms with Gasteiger partial charge in [-0.3, -0.25) is 0 Å². The summed E-state index contributed by atoms with van der Waals surface area (Å²) in [4.78, 5) is 2.16. The second-order valence-corrected chi connectivity index (χ2v) is 6.83. The third kappa shape index (κ3) is 4.39. The number of nitrogens with one attached hydrogen (secondary N) is 1. The van der Waals surface area contributed by atoms with E-state index in [1.165, 1.54) is 32.1 Å². The molecule has 5 nitrogen and oxygen atoms in total. The number of nitrogens with zero attached hydrogens (tertiary/aromatic N) is 1. The van der Waals surface area contributed by atoms with Gasteiger partial charge < -0.3 is 9.64 Å². The topological polar surface area (TPSA) is 58.6 Å². The van der Waals surface area contributed by atoms with E-state index >= 15 is 0 Å². The lowest BCUT2D eigenvalue weighted by molar-refractivity contribution is 0.334. The maximum atomic E-state index is 13.3. The van der Waals surface area contributed by atoms with E-state index in [-0.39, 0.29) is 10.6 Å². The molecule has 1 aliphatic heterocycles. The SMILES string of the molecule is COc1ccc(F)cc1S(=O)(=O)NCCCN1CCCC1. The van der Waals surface area contributed by atoms with Gasteiger partial charge in [0.1, 0.15) is 16.5 Å². The molecule has 0 aliphatic carbocycles. The lowest BCUT2D eigenvalue weighted by Crippen LogP contribution is -2.29. The Morgan fingerprint density at radius 1 is 1.33 bits per heavy atom. The molecule has 7 heteroatoms. The van der Waals surface area contributed by atoms with Crippen LogP contribution in [0.15, 0.2) is 23.1 Å². The number of benzene rings is 1. The van der Waals surface area contributed by atoms with Gasteiger partial charge in [0.15, 0.2) is 0 Å². The van der Waals surface area contributed by atoms with Gasteiger partial charge in [-0.25, -0.2) is 17.5 Å². The summed E-state index contributed by atoms with van der Waals surface area (Å²) >= 11 is 0. The average molecular weight is 316 g/mol. The van der Waals surface area contributed by atoms with Crippen LogP contribution in [0.2, 0.25) is 0 Å². The molecule has 2 rings (SSSR count). The predicted octanol–water partition coefficient (Wildman–Crippen LogP) is 1.60. The van der Waals surface area contributed by atoms with Crippen LogP contribution >= 0.6 is 0 Å². The van der Waals surface area contributed by atoms with Crippen LogP contribution in [0, 0.1) is 5.82 Å². The summed E-state index contributed by atoms with van der Waals surface area (Å²) in [7, 11) is -2.39. The van der Waals surface area contributed by atoms with E-state index in [9.17, 15) is 12.8 Å². The van der Waals surface area contributed by atoms with Crippen LogP contribution in [0.1, 0.15) is 19.3 Å². The number of halogens is 1. The zero-order chi connectivity index (χ0) is 15.3. The molecule has 0 saturated carbocycles. The summed E-state index contributed by atoms with van der Waals surface area (Å²) in [5, 5.41) is 0. The van der Waals surface area contributed by atoms with Crippen LogP contribution in [-0.4, -0.2) is 46.6 Å². The molecule has 1 N–H and O–H groups in total. The summed E-state index contributed by atoms with van der Waals surface area (Å²) in [5.74, 6) is -0.461. The third-order valence-electron chi connectivity index (χ3n) is 3.56. The Morgan fingerprint density at radius 3 is 2.71 bits per heavy atom. The molecule has 1 aromatic carbocycles. The van der Waals surface area contributed by atoms with Crippen molar-refractivity contribution in [3.63, 3.8) is 0 Å². The molecular formula is C14H21FN2O3S. The molecule has 1 heterocycles. The first-order chi connectivity index (χ1) is 10.0. The van der Waals surface area contributed by atoms with Crippen molar-refractivity contribution in [2.75, 3.05) is 33.3 Å². The van der Waals surface area contributed by atoms with Gasteiger partial charge in [0.2, 0.25) is 10.0 Å². The number of rotatable bonds is 7. The highest BCUT2D eigenvalue weighted by molar-refractivity contribution is 7.89. The molecule has 1 fully saturated rings. The lowest BCUT2D eigenvalue weighted by atomic mass is 10.3. The van der Waals surface area contributed by atoms with Gasteiger partial charge >= 0.3 is 0 Å². The van der Waals surface area contributed by atoms with Crippen molar-refractivity contribution in [2.24, 2.45) is 0 Å². The Bertz CT molecular complexity index is 572. The zero-order valence-corrected chi connectivity index (χ0v) is 13.0. The van der Waals surface area contributed by atoms with Crippen LogP contribution in [0.4, 0.5) is 4.39 Å². The zero-order valence-electron chi connectivity index (χ0n) is 12.1. The number of hydrogen-bond donors (Lipinski definition) is 1. The van der Waals surface area contributed by atoms with E-state index in [1.807, 2.05) is 0 Å². The van der Waals surface area contributed by atoms with Crippen LogP contribution in [0.5, 0.6) is 5.75 Å². The molecule has 0 aromatic heterocycles. The van der Waals surface area contributed by atoms with Crippen molar-refractivity contribution in [3.05, 3.63) is 24.0 Å². The molecule has 0 spiro atoms. The fourth-order valence-electron chi connectivity index (χ4n) is 2.45. The maximum Gasteiger partial charge on any atom is 0.244 e. The van der Waals surface area contributed by atoms with Crippen LogP contribution in [0.25, 0.3) is 0 Å². The lowest BCUT2D eigenvalue weighted by Gasteiger charge is -2.15. The Hall–Kier alpha value is -1.18. The minimum atomic E-state index is -3.75. The highest BCUT2D eigenvalue weighted by atomic mass is 32.2. The fourth-order valence-corrected chi connectivity index (χ4v) is 3.71. The van der Waals surface area contributed by atoms with Crippen molar-refractivity contribution in [1.29, 1.82) is 0 Å². The van der Waals surface area contributed by atoms with E-state index in [0.29, 0.717) is 6.54 Å². The average Bonchev–Trinajstić information content (AvgIpc) is 2.97. The number of likely N-dealkylation sites (tertiary alicyclic amines) is 1. The molecule has 0 unspecified atom stereocenters. The minimum Gasteiger partial charge on any atom is -0.495 e. The molecule has 0 radical (unpaired) electrons. The van der Waals surface area contributed by atoms with Gasteiger partial charge in [-0.1, -0.05) is 0 Å². The Kier molecular flexibility index (Phi) is 5.55. The second-order valence-electron chi connectivity index (χ2n) is 5.10. The molecule has 1 aliphatic rings. The summed E-state index contributed by atoms with van der Waals surface area (Å²) in [6, 6.07) is 3.46. The number of methoxy groups -OCH3 is 1. The summed E-state index contributed by atoms with van der Waals surface area (Å²) in [5.41, 5.74) is 0. The number of sulfonamides is 1. The maximum absolute atomic E-state index is 13.3. The third-order valence-corrected chi connectivity index (χ3v) is 5.04. The summed E-state index contributed by atoms with van der Waals surface area (Å²) < 4.78 is 45.1. The molecule has 0 atom stereocenters. The van der Waals surface area contributed by atoms with Crippen LogP contribution < -0.4 is 9.46 Å². The minimum absolute atomic E-state index is 0.142. The monoisotopic (exact) mass is 316 g/mol. The highest BCUT2D eigenvalue weighted by Crippen LogP contribution is 2.24. The molecule has 118 valence electrons. The van der Waals surface area contributed by atoms with Crippen molar-refractivity contribution in [2.45, 2.75) is 24.2 Å². The van der Waals surface area contributed by atoms with Crippen LogP contribution in [-0.2, 0) is 10.0 Å². The molecule has 21 heavy (non-hydrogen) atoms. The molecule has 0 bridgehead atoms. The molecular weight excluding hydrogens is 295 g/mol. The van der Waals surface area contributed by atoms with Gasteiger partial charge in [-0.05, 0) is 57.1 Å². The summed E-state index contributed by atoms with van der Waals surface area (Å²) in [6.45, 7) is 3.39. The van der Waals surface area contributed by atoms with E-state index in [4.69, 9.17) is 4.74 Å². The van der Waals surface area contributed by atoms with E-state index in [0.717, 1.165) is 32.1 Å². The van der Waals surface area contributed by atoms with Crippen LogP contribution in [0.3, 0.4) is 0 Å². The molecule has 1 aromatic rings. The first-order valence-electron chi connectivity index (χ1n) is 7.08. The molecule has 1 saturated heterocycles. The van der Waals surface area contributed by atoms with Gasteiger partial charge in [0.25, 0.3) is 0 Å². The van der Waals surface area contributed by atoms with Crippen molar-refractivity contribution in [3.8, 4) is 5.75 Å². The van der Waals surface area contributed by atoms with E-state index in [1.54, 1.807) is 0 Å². The van der Waals surface area contributed by atoms with Crippen molar-refractivity contribution < 1.29 is 17.5 Å². The largest absolute Gasteiger partial charge is 0.495 e. The number of ether oxygens (including phenoxy) is 1. The quantitative estimate of drug-likeness (QED) is 0.776. The van der Waals surface area contributed by atoms with E-state index < -0.39 is 15.8 Å². The number of hydrogen-bond acceptors (Lipinski definition) is 4. The normalized spacial score (nSPS) is 16.3. The van der Waals surface area contributed by atoms with Gasteiger partial charge in [-0.2, -0.15) is 0 Å². The predicted molar refractivity (Wildman–Crippen MR) is 78.4 cm³/mol. The second kappa shape index (κ2) is 7.20.